The molecule has 2 heterocycles. The molecule has 25 heavy (non-hydrogen) atoms. The van der Waals surface area contributed by atoms with Crippen LogP contribution >= 0.6 is 23.4 Å². The molecule has 0 spiro atoms. The molecule has 0 atom stereocenters. The second kappa shape index (κ2) is 7.90. The number of aromatic nitrogens is 2. The summed E-state index contributed by atoms with van der Waals surface area (Å²) in [5.74, 6) is 0.600. The van der Waals surface area contributed by atoms with Crippen molar-refractivity contribution in [1.29, 1.82) is 0 Å². The highest BCUT2D eigenvalue weighted by molar-refractivity contribution is 7.98. The Morgan fingerprint density at radius 2 is 2.04 bits per heavy atom. The third-order valence-corrected chi connectivity index (χ3v) is 4.88. The molecule has 0 aliphatic carbocycles. The van der Waals surface area contributed by atoms with Crippen LogP contribution in [0.3, 0.4) is 0 Å². The minimum atomic E-state index is -0.731. The van der Waals surface area contributed by atoms with Gasteiger partial charge in [0.05, 0.1) is 18.0 Å². The van der Waals surface area contributed by atoms with E-state index in [0.717, 1.165) is 28.5 Å². The molecule has 1 aliphatic heterocycles. The van der Waals surface area contributed by atoms with Crippen molar-refractivity contribution in [3.05, 3.63) is 40.5 Å². The van der Waals surface area contributed by atoms with Crippen molar-refractivity contribution < 1.29 is 14.3 Å². The molecule has 1 aromatic heterocycles. The number of methoxy groups -OCH3 is 1. The Balaban J connectivity index is 1.84. The van der Waals surface area contributed by atoms with E-state index in [0.29, 0.717) is 17.4 Å². The van der Waals surface area contributed by atoms with Crippen molar-refractivity contribution in [2.24, 2.45) is 0 Å². The van der Waals surface area contributed by atoms with Crippen LogP contribution in [0.2, 0.25) is 5.02 Å². The van der Waals surface area contributed by atoms with Crippen LogP contribution in [0.25, 0.3) is 5.69 Å². The normalized spacial score (nSPS) is 12.7. The summed E-state index contributed by atoms with van der Waals surface area (Å²) in [4.78, 5) is 24.1. The van der Waals surface area contributed by atoms with E-state index in [9.17, 15) is 9.59 Å². The highest BCUT2D eigenvalue weighted by Crippen LogP contribution is 2.36. The third kappa shape index (κ3) is 3.97. The number of thioether (sulfide) groups is 1. The summed E-state index contributed by atoms with van der Waals surface area (Å²) in [5, 5.41) is 10.4. The van der Waals surface area contributed by atoms with Gasteiger partial charge in [-0.25, -0.2) is 4.68 Å². The van der Waals surface area contributed by atoms with Gasteiger partial charge in [0, 0.05) is 35.7 Å². The van der Waals surface area contributed by atoms with Gasteiger partial charge in [-0.05, 0) is 24.3 Å². The number of hydrogen-bond donors (Lipinski definition) is 2. The molecule has 3 rings (SSSR count). The number of nitrogens with one attached hydrogen (secondary N) is 2. The average molecular weight is 381 g/mol. The molecular formula is C16H17ClN4O3S. The molecule has 0 radical (unpaired) electrons. The number of halogens is 1. The quantitative estimate of drug-likeness (QED) is 0.612. The molecule has 2 amide bonds. The standard InChI is InChI=1S/C16H17ClN4O3S/c1-24-7-6-18-15(22)16(23)19-14-12-8-25-9-13(12)20-21(14)11-4-2-10(17)3-5-11/h2-5H,6-9H2,1H3,(H,18,22)(H,19,23). The highest BCUT2D eigenvalue weighted by Gasteiger charge is 2.26. The Morgan fingerprint density at radius 3 is 2.76 bits per heavy atom. The molecule has 1 aromatic carbocycles. The van der Waals surface area contributed by atoms with Crippen LogP contribution < -0.4 is 10.6 Å². The lowest BCUT2D eigenvalue weighted by Crippen LogP contribution is -2.37. The number of anilines is 1. The Hall–Kier alpha value is -2.03. The fraction of sp³-hybridized carbons (Fsp3) is 0.312. The minimum Gasteiger partial charge on any atom is -0.383 e. The molecule has 1 aliphatic rings. The van der Waals surface area contributed by atoms with E-state index in [-0.39, 0.29) is 6.54 Å². The highest BCUT2D eigenvalue weighted by atomic mass is 35.5. The first-order valence-electron chi connectivity index (χ1n) is 7.62. The maximum Gasteiger partial charge on any atom is 0.314 e. The Kier molecular flexibility index (Phi) is 5.62. The molecule has 0 fully saturated rings. The van der Waals surface area contributed by atoms with E-state index in [4.69, 9.17) is 16.3 Å². The van der Waals surface area contributed by atoms with Gasteiger partial charge in [0.2, 0.25) is 0 Å². The van der Waals surface area contributed by atoms with Crippen LogP contribution in [0.1, 0.15) is 11.3 Å². The van der Waals surface area contributed by atoms with Gasteiger partial charge in [0.25, 0.3) is 0 Å². The van der Waals surface area contributed by atoms with Crippen LogP contribution in [-0.2, 0) is 25.8 Å². The number of rotatable bonds is 5. The van der Waals surface area contributed by atoms with Crippen molar-refractivity contribution in [2.75, 3.05) is 25.6 Å². The number of hydrogen-bond acceptors (Lipinski definition) is 5. The summed E-state index contributed by atoms with van der Waals surface area (Å²) in [6.45, 7) is 0.612. The topological polar surface area (TPSA) is 85.2 Å². The third-order valence-electron chi connectivity index (χ3n) is 3.65. The van der Waals surface area contributed by atoms with Crippen molar-refractivity contribution in [1.82, 2.24) is 15.1 Å². The summed E-state index contributed by atoms with van der Waals surface area (Å²) in [6, 6.07) is 7.13. The lowest BCUT2D eigenvalue weighted by Gasteiger charge is -2.11. The first-order valence-corrected chi connectivity index (χ1v) is 9.16. The smallest absolute Gasteiger partial charge is 0.314 e. The fourth-order valence-corrected chi connectivity index (χ4v) is 3.58. The molecule has 2 aromatic rings. The van der Waals surface area contributed by atoms with E-state index >= 15 is 0 Å². The van der Waals surface area contributed by atoms with Crippen molar-refractivity contribution in [3.63, 3.8) is 0 Å². The zero-order valence-electron chi connectivity index (χ0n) is 13.5. The number of ether oxygens (including phenoxy) is 1. The predicted molar refractivity (Wildman–Crippen MR) is 97.1 cm³/mol. The van der Waals surface area contributed by atoms with Gasteiger partial charge in [0.15, 0.2) is 0 Å². The lowest BCUT2D eigenvalue weighted by atomic mass is 10.2. The summed E-state index contributed by atoms with van der Waals surface area (Å²) in [6.07, 6.45) is 0. The van der Waals surface area contributed by atoms with Gasteiger partial charge in [-0.15, -0.1) is 0 Å². The van der Waals surface area contributed by atoms with Gasteiger partial charge < -0.3 is 15.4 Å². The number of benzene rings is 1. The van der Waals surface area contributed by atoms with Gasteiger partial charge in [-0.1, -0.05) is 11.6 Å². The molecule has 0 saturated heterocycles. The number of amides is 2. The number of nitrogens with zero attached hydrogens (tertiary/aromatic N) is 2. The van der Waals surface area contributed by atoms with Gasteiger partial charge in [-0.3, -0.25) is 9.59 Å². The molecular weight excluding hydrogens is 364 g/mol. The molecule has 7 nitrogen and oxygen atoms in total. The summed E-state index contributed by atoms with van der Waals surface area (Å²) < 4.78 is 6.49. The molecule has 0 bridgehead atoms. The Morgan fingerprint density at radius 1 is 1.28 bits per heavy atom. The summed E-state index contributed by atoms with van der Waals surface area (Å²) in [5.41, 5.74) is 2.62. The van der Waals surface area contributed by atoms with Crippen LogP contribution in [0.5, 0.6) is 0 Å². The molecule has 9 heteroatoms. The minimum absolute atomic E-state index is 0.271. The predicted octanol–water partition coefficient (Wildman–Crippen LogP) is 1.97. The summed E-state index contributed by atoms with van der Waals surface area (Å²) in [7, 11) is 1.53. The van der Waals surface area contributed by atoms with Crippen LogP contribution in [-0.4, -0.2) is 41.9 Å². The second-order valence-corrected chi connectivity index (χ2v) is 6.78. The number of carbonyl (C=O) groups is 2. The van der Waals surface area contributed by atoms with Crippen LogP contribution in [0, 0.1) is 0 Å². The van der Waals surface area contributed by atoms with E-state index in [1.165, 1.54) is 7.11 Å². The molecule has 132 valence electrons. The largest absolute Gasteiger partial charge is 0.383 e. The van der Waals surface area contributed by atoms with E-state index < -0.39 is 11.8 Å². The van der Waals surface area contributed by atoms with Gasteiger partial charge in [-0.2, -0.15) is 16.9 Å². The van der Waals surface area contributed by atoms with E-state index in [1.54, 1.807) is 28.6 Å². The number of carbonyl (C=O) groups excluding carboxylic acids is 2. The van der Waals surface area contributed by atoms with Crippen molar-refractivity contribution >= 4 is 41.0 Å². The monoisotopic (exact) mass is 380 g/mol. The maximum atomic E-state index is 12.2. The van der Waals surface area contributed by atoms with Gasteiger partial charge >= 0.3 is 11.8 Å². The summed E-state index contributed by atoms with van der Waals surface area (Å²) >= 11 is 7.65. The molecule has 2 N–H and O–H groups in total. The lowest BCUT2D eigenvalue weighted by molar-refractivity contribution is -0.136. The molecule has 0 unspecified atom stereocenters. The van der Waals surface area contributed by atoms with E-state index in [2.05, 4.69) is 15.7 Å². The van der Waals surface area contributed by atoms with E-state index in [1.807, 2.05) is 12.1 Å². The Bertz CT molecular complexity index is 791. The van der Waals surface area contributed by atoms with Crippen molar-refractivity contribution in [3.8, 4) is 5.69 Å². The first-order chi connectivity index (χ1) is 12.1. The average Bonchev–Trinajstić information content (AvgIpc) is 3.18. The first kappa shape index (κ1) is 17.8. The van der Waals surface area contributed by atoms with Crippen LogP contribution in [0.4, 0.5) is 5.82 Å². The second-order valence-electron chi connectivity index (χ2n) is 5.36. The van der Waals surface area contributed by atoms with Gasteiger partial charge in [0.1, 0.15) is 5.82 Å². The van der Waals surface area contributed by atoms with Crippen molar-refractivity contribution in [2.45, 2.75) is 11.5 Å². The number of fused-ring (bicyclic) bond motifs is 1. The molecule has 0 saturated carbocycles. The Labute approximate surface area is 154 Å². The SMILES string of the molecule is COCCNC(=O)C(=O)Nc1c2c(nn1-c1ccc(Cl)cc1)CSC2. The zero-order valence-corrected chi connectivity index (χ0v) is 15.1. The van der Waals surface area contributed by atoms with Crippen LogP contribution in [0.15, 0.2) is 24.3 Å². The fourth-order valence-electron chi connectivity index (χ4n) is 2.42. The maximum absolute atomic E-state index is 12.2. The zero-order chi connectivity index (χ0) is 17.8.